The molecule has 2 aromatic carbocycles. The molecule has 0 aliphatic rings. The zero-order valence-corrected chi connectivity index (χ0v) is 15.6. The van der Waals surface area contributed by atoms with Gasteiger partial charge in [0.25, 0.3) is 11.5 Å². The standard InChI is InChI=1S/C20H20ClN3O2/c1-12(2)24-20(26)17-10-5-4-9-16(17)18(23-24)19(25)22-13(3)14-7-6-8-15(21)11-14/h4-13H,1-3H3,(H,22,25). The number of rotatable bonds is 4. The molecule has 0 saturated heterocycles. The molecule has 134 valence electrons. The minimum absolute atomic E-state index is 0.149. The van der Waals surface area contributed by atoms with E-state index in [0.717, 1.165) is 5.56 Å². The highest BCUT2D eigenvalue weighted by Gasteiger charge is 2.19. The maximum Gasteiger partial charge on any atom is 0.274 e. The average molecular weight is 370 g/mol. The van der Waals surface area contributed by atoms with Crippen LogP contribution in [0.15, 0.2) is 53.3 Å². The van der Waals surface area contributed by atoms with Gasteiger partial charge in [-0.05, 0) is 44.5 Å². The van der Waals surface area contributed by atoms with Crippen molar-refractivity contribution in [3.05, 3.63) is 75.2 Å². The van der Waals surface area contributed by atoms with E-state index in [4.69, 9.17) is 11.6 Å². The number of nitrogens with one attached hydrogen (secondary N) is 1. The van der Waals surface area contributed by atoms with E-state index in [-0.39, 0.29) is 29.2 Å². The predicted molar refractivity (Wildman–Crippen MR) is 104 cm³/mol. The van der Waals surface area contributed by atoms with E-state index >= 15 is 0 Å². The molecule has 0 aliphatic heterocycles. The van der Waals surface area contributed by atoms with Gasteiger partial charge in [0.15, 0.2) is 5.69 Å². The SMILES string of the molecule is CC(NC(=O)c1nn(C(C)C)c(=O)c2ccccc12)c1cccc(Cl)c1. The van der Waals surface area contributed by atoms with Gasteiger partial charge in [-0.3, -0.25) is 9.59 Å². The number of carbonyl (C=O) groups excluding carboxylic acids is 1. The third-order valence-electron chi connectivity index (χ3n) is 4.23. The summed E-state index contributed by atoms with van der Waals surface area (Å²) in [4.78, 5) is 25.5. The lowest BCUT2D eigenvalue weighted by Gasteiger charge is -2.17. The van der Waals surface area contributed by atoms with Crippen molar-refractivity contribution in [2.75, 3.05) is 0 Å². The quantitative estimate of drug-likeness (QED) is 0.752. The molecule has 6 heteroatoms. The summed E-state index contributed by atoms with van der Waals surface area (Å²) in [5, 5.41) is 8.91. The van der Waals surface area contributed by atoms with Gasteiger partial charge in [-0.25, -0.2) is 4.68 Å². The van der Waals surface area contributed by atoms with Crippen LogP contribution in [0.3, 0.4) is 0 Å². The maximum atomic E-state index is 12.9. The van der Waals surface area contributed by atoms with Crippen molar-refractivity contribution in [2.24, 2.45) is 0 Å². The highest BCUT2D eigenvalue weighted by molar-refractivity contribution is 6.30. The largest absolute Gasteiger partial charge is 0.344 e. The summed E-state index contributed by atoms with van der Waals surface area (Å²) >= 11 is 6.03. The Labute approximate surface area is 156 Å². The van der Waals surface area contributed by atoms with Gasteiger partial charge in [0, 0.05) is 10.4 Å². The van der Waals surface area contributed by atoms with Crippen LogP contribution in [0.4, 0.5) is 0 Å². The molecule has 3 aromatic rings. The molecule has 0 spiro atoms. The van der Waals surface area contributed by atoms with Crippen LogP contribution in [0.5, 0.6) is 0 Å². The first-order chi connectivity index (χ1) is 12.4. The number of benzene rings is 2. The lowest BCUT2D eigenvalue weighted by molar-refractivity contribution is 0.0934. The van der Waals surface area contributed by atoms with E-state index in [9.17, 15) is 9.59 Å². The van der Waals surface area contributed by atoms with Crippen molar-refractivity contribution in [1.82, 2.24) is 15.1 Å². The van der Waals surface area contributed by atoms with Crippen LogP contribution in [0.1, 0.15) is 48.9 Å². The first-order valence-corrected chi connectivity index (χ1v) is 8.84. The zero-order valence-electron chi connectivity index (χ0n) is 14.9. The lowest BCUT2D eigenvalue weighted by Crippen LogP contribution is -2.32. The fourth-order valence-electron chi connectivity index (χ4n) is 2.85. The monoisotopic (exact) mass is 369 g/mol. The minimum atomic E-state index is -0.330. The summed E-state index contributed by atoms with van der Waals surface area (Å²) in [6.07, 6.45) is 0. The van der Waals surface area contributed by atoms with E-state index in [0.29, 0.717) is 15.8 Å². The normalized spacial score (nSPS) is 12.3. The van der Waals surface area contributed by atoms with Gasteiger partial charge in [0.05, 0.1) is 17.5 Å². The molecule has 5 nitrogen and oxygen atoms in total. The summed E-state index contributed by atoms with van der Waals surface area (Å²) in [5.41, 5.74) is 0.935. The predicted octanol–water partition coefficient (Wildman–Crippen LogP) is 4.12. The molecule has 1 heterocycles. The van der Waals surface area contributed by atoms with Crippen LogP contribution in [0.25, 0.3) is 10.8 Å². The van der Waals surface area contributed by atoms with Crippen molar-refractivity contribution in [3.8, 4) is 0 Å². The Balaban J connectivity index is 2.03. The van der Waals surface area contributed by atoms with Crippen LogP contribution in [-0.4, -0.2) is 15.7 Å². The van der Waals surface area contributed by atoms with Gasteiger partial charge in [-0.2, -0.15) is 5.10 Å². The fraction of sp³-hybridized carbons (Fsp3) is 0.250. The highest BCUT2D eigenvalue weighted by atomic mass is 35.5. The van der Waals surface area contributed by atoms with E-state index in [1.165, 1.54) is 4.68 Å². The Morgan fingerprint density at radius 3 is 2.42 bits per heavy atom. The highest BCUT2D eigenvalue weighted by Crippen LogP contribution is 2.19. The van der Waals surface area contributed by atoms with Gasteiger partial charge < -0.3 is 5.32 Å². The van der Waals surface area contributed by atoms with Gasteiger partial charge in [0.1, 0.15) is 0 Å². The smallest absolute Gasteiger partial charge is 0.274 e. The molecule has 1 atom stereocenters. The van der Waals surface area contributed by atoms with E-state index in [1.54, 1.807) is 30.3 Å². The number of hydrogen-bond donors (Lipinski definition) is 1. The third kappa shape index (κ3) is 3.48. The Bertz CT molecular complexity index is 1030. The zero-order chi connectivity index (χ0) is 18.8. The Hall–Kier alpha value is -2.66. The van der Waals surface area contributed by atoms with Crippen molar-refractivity contribution >= 4 is 28.3 Å². The molecule has 0 radical (unpaired) electrons. The number of aromatic nitrogens is 2. The summed E-state index contributed by atoms with van der Waals surface area (Å²) in [7, 11) is 0. The molecule has 1 aromatic heterocycles. The van der Waals surface area contributed by atoms with Gasteiger partial charge in [-0.15, -0.1) is 0 Å². The van der Waals surface area contributed by atoms with Gasteiger partial charge in [-0.1, -0.05) is 41.9 Å². The first kappa shape index (κ1) is 18.1. The summed E-state index contributed by atoms with van der Waals surface area (Å²) in [6, 6.07) is 14.0. The molecular formula is C20H20ClN3O2. The topological polar surface area (TPSA) is 64.0 Å². The second-order valence-corrected chi connectivity index (χ2v) is 6.92. The molecule has 0 bridgehead atoms. The molecule has 0 fully saturated rings. The molecule has 1 amide bonds. The first-order valence-electron chi connectivity index (χ1n) is 8.46. The molecular weight excluding hydrogens is 350 g/mol. The van der Waals surface area contributed by atoms with E-state index < -0.39 is 0 Å². The second kappa shape index (κ2) is 7.30. The number of nitrogens with zero attached hydrogens (tertiary/aromatic N) is 2. The Morgan fingerprint density at radius 2 is 1.77 bits per heavy atom. The van der Waals surface area contributed by atoms with Crippen LogP contribution in [-0.2, 0) is 0 Å². The van der Waals surface area contributed by atoms with Crippen LogP contribution in [0.2, 0.25) is 5.02 Å². The fourth-order valence-corrected chi connectivity index (χ4v) is 3.05. The molecule has 0 aliphatic carbocycles. The number of amides is 1. The summed E-state index contributed by atoms with van der Waals surface area (Å²) in [5.74, 6) is -0.330. The average Bonchev–Trinajstić information content (AvgIpc) is 2.61. The van der Waals surface area contributed by atoms with Crippen molar-refractivity contribution in [3.63, 3.8) is 0 Å². The second-order valence-electron chi connectivity index (χ2n) is 6.49. The summed E-state index contributed by atoms with van der Waals surface area (Å²) in [6.45, 7) is 5.60. The number of halogens is 1. The molecule has 1 unspecified atom stereocenters. The van der Waals surface area contributed by atoms with E-state index in [2.05, 4.69) is 10.4 Å². The number of fused-ring (bicyclic) bond motifs is 1. The number of hydrogen-bond acceptors (Lipinski definition) is 3. The van der Waals surface area contributed by atoms with Crippen molar-refractivity contribution in [1.29, 1.82) is 0 Å². The maximum absolute atomic E-state index is 12.9. The minimum Gasteiger partial charge on any atom is -0.344 e. The van der Waals surface area contributed by atoms with Gasteiger partial charge >= 0.3 is 0 Å². The van der Waals surface area contributed by atoms with Crippen LogP contribution >= 0.6 is 11.6 Å². The van der Waals surface area contributed by atoms with Crippen LogP contribution < -0.4 is 10.9 Å². The van der Waals surface area contributed by atoms with E-state index in [1.807, 2.05) is 39.0 Å². The molecule has 3 rings (SSSR count). The van der Waals surface area contributed by atoms with Crippen molar-refractivity contribution < 1.29 is 4.79 Å². The number of carbonyl (C=O) groups is 1. The molecule has 0 saturated carbocycles. The lowest BCUT2D eigenvalue weighted by atomic mass is 10.1. The third-order valence-corrected chi connectivity index (χ3v) is 4.46. The summed E-state index contributed by atoms with van der Waals surface area (Å²) < 4.78 is 1.35. The van der Waals surface area contributed by atoms with Crippen LogP contribution in [0, 0.1) is 0 Å². The molecule has 1 N–H and O–H groups in total. The Kier molecular flexibility index (Phi) is 5.09. The Morgan fingerprint density at radius 1 is 1.08 bits per heavy atom. The molecule has 26 heavy (non-hydrogen) atoms. The van der Waals surface area contributed by atoms with Gasteiger partial charge in [0.2, 0.25) is 0 Å². The van der Waals surface area contributed by atoms with Crippen molar-refractivity contribution in [2.45, 2.75) is 32.9 Å².